The second-order valence-electron chi connectivity index (χ2n) is 5.76. The number of nitrogens with zero attached hydrogens (tertiary/aromatic N) is 2. The number of hydrogen-bond acceptors (Lipinski definition) is 3. The van der Waals surface area contributed by atoms with Crippen molar-refractivity contribution in [1.82, 2.24) is 9.78 Å². The van der Waals surface area contributed by atoms with Gasteiger partial charge in [-0.05, 0) is 48.4 Å². The zero-order valence-corrected chi connectivity index (χ0v) is 16.6. The van der Waals surface area contributed by atoms with Crippen LogP contribution in [0.4, 0.5) is 0 Å². The number of rotatable bonds is 4. The van der Waals surface area contributed by atoms with Gasteiger partial charge in [-0.3, -0.25) is 0 Å². The fourth-order valence-electron chi connectivity index (χ4n) is 2.61. The smallest absolute Gasteiger partial charge is 0.239 e. The van der Waals surface area contributed by atoms with E-state index in [1.165, 1.54) is 16.9 Å². The number of halogens is 3. The molecule has 26 heavy (non-hydrogen) atoms. The van der Waals surface area contributed by atoms with Gasteiger partial charge in [0.1, 0.15) is 9.23 Å². The van der Waals surface area contributed by atoms with Crippen LogP contribution in [0.25, 0.3) is 16.8 Å². The number of alkyl halides is 2. The molecule has 3 rings (SSSR count). The summed E-state index contributed by atoms with van der Waals surface area (Å²) in [6.07, 6.45) is 3.11. The molecular weight excluding hydrogens is 417 g/mol. The van der Waals surface area contributed by atoms with Crippen molar-refractivity contribution in [2.75, 3.05) is 0 Å². The first-order valence-corrected chi connectivity index (χ1v) is 10.1. The van der Waals surface area contributed by atoms with Crippen LogP contribution in [0, 0.1) is 0 Å². The van der Waals surface area contributed by atoms with Crippen molar-refractivity contribution >= 4 is 44.8 Å². The Labute approximate surface area is 166 Å². The zero-order chi connectivity index (χ0) is 19.1. The summed E-state index contributed by atoms with van der Waals surface area (Å²) in [4.78, 5) is -0.129. The van der Waals surface area contributed by atoms with Crippen LogP contribution in [-0.4, -0.2) is 18.2 Å². The van der Waals surface area contributed by atoms with Crippen LogP contribution >= 0.6 is 34.8 Å². The summed E-state index contributed by atoms with van der Waals surface area (Å²) in [6, 6.07) is 11.8. The Bertz CT molecular complexity index is 1040. The van der Waals surface area contributed by atoms with E-state index in [0.29, 0.717) is 16.1 Å². The van der Waals surface area contributed by atoms with Crippen LogP contribution in [0.1, 0.15) is 12.5 Å². The third-order valence-corrected chi connectivity index (χ3v) is 5.35. The van der Waals surface area contributed by atoms with Crippen LogP contribution in [0.3, 0.4) is 0 Å². The van der Waals surface area contributed by atoms with Crippen molar-refractivity contribution in [1.29, 1.82) is 0 Å². The topological polar surface area (TPSA) is 78.0 Å². The molecule has 0 aliphatic carbocycles. The molecular formula is C17H14Cl3N3O2S. The van der Waals surface area contributed by atoms with Crippen LogP contribution in [0.5, 0.6) is 0 Å². The first kappa shape index (κ1) is 19.2. The minimum absolute atomic E-state index is 0.129. The summed E-state index contributed by atoms with van der Waals surface area (Å²) in [5, 5.41) is 10.1. The number of hydrogen-bond donors (Lipinski definition) is 1. The lowest BCUT2D eigenvalue weighted by Gasteiger charge is -2.22. The molecule has 0 fully saturated rings. The molecule has 0 radical (unpaired) electrons. The molecule has 0 aliphatic rings. The molecule has 9 heteroatoms. The average molecular weight is 431 g/mol. The van der Waals surface area contributed by atoms with Crippen LogP contribution in [0.15, 0.2) is 59.8 Å². The monoisotopic (exact) mass is 429 g/mol. The normalized spacial score (nSPS) is 12.3. The van der Waals surface area contributed by atoms with Crippen molar-refractivity contribution in [3.05, 3.63) is 65.4 Å². The maximum absolute atomic E-state index is 12.3. The SMILES string of the molecule is CC(Cl)(Cl)c1cc(-c2ccc(Cl)cc2)cc(S(N)(=O)=O)c1-n1cccn1. The van der Waals surface area contributed by atoms with Gasteiger partial charge in [-0.1, -0.05) is 46.9 Å². The molecule has 0 saturated heterocycles. The van der Waals surface area contributed by atoms with E-state index in [0.717, 1.165) is 5.56 Å². The summed E-state index contributed by atoms with van der Waals surface area (Å²) < 4.78 is 24.6. The minimum Gasteiger partial charge on any atom is -0.239 e. The van der Waals surface area contributed by atoms with Gasteiger partial charge < -0.3 is 0 Å². The maximum Gasteiger partial charge on any atom is 0.240 e. The maximum atomic E-state index is 12.3. The lowest BCUT2D eigenvalue weighted by Crippen LogP contribution is -2.20. The average Bonchev–Trinajstić information content (AvgIpc) is 3.07. The third-order valence-electron chi connectivity index (χ3n) is 3.77. The molecule has 0 amide bonds. The van der Waals surface area contributed by atoms with E-state index in [2.05, 4.69) is 5.10 Å². The van der Waals surface area contributed by atoms with E-state index >= 15 is 0 Å². The van der Waals surface area contributed by atoms with Crippen molar-refractivity contribution in [2.45, 2.75) is 16.2 Å². The van der Waals surface area contributed by atoms with E-state index in [-0.39, 0.29) is 10.6 Å². The Balaban J connectivity index is 2.40. The molecule has 0 spiro atoms. The van der Waals surface area contributed by atoms with E-state index in [1.807, 2.05) is 0 Å². The first-order valence-electron chi connectivity index (χ1n) is 7.42. The number of sulfonamides is 1. The number of aromatic nitrogens is 2. The van der Waals surface area contributed by atoms with E-state index < -0.39 is 14.4 Å². The highest BCUT2D eigenvalue weighted by Gasteiger charge is 2.30. The summed E-state index contributed by atoms with van der Waals surface area (Å²) >= 11 is 18.6. The number of primary sulfonamides is 1. The van der Waals surface area contributed by atoms with Crippen molar-refractivity contribution in [3.8, 4) is 16.8 Å². The molecule has 5 nitrogen and oxygen atoms in total. The number of benzene rings is 2. The van der Waals surface area contributed by atoms with E-state index in [9.17, 15) is 8.42 Å². The summed E-state index contributed by atoms with van der Waals surface area (Å²) in [7, 11) is -4.09. The van der Waals surface area contributed by atoms with Crippen molar-refractivity contribution < 1.29 is 8.42 Å². The second-order valence-corrected chi connectivity index (χ2v) is 9.43. The zero-order valence-electron chi connectivity index (χ0n) is 13.5. The molecule has 2 N–H and O–H groups in total. The van der Waals surface area contributed by atoms with Crippen LogP contribution in [0.2, 0.25) is 5.02 Å². The largest absolute Gasteiger partial charge is 0.240 e. The molecule has 0 saturated carbocycles. The lowest BCUT2D eigenvalue weighted by molar-refractivity contribution is 0.596. The summed E-state index contributed by atoms with van der Waals surface area (Å²) in [5.74, 6) is 0. The second kappa shape index (κ2) is 6.87. The Morgan fingerprint density at radius 3 is 2.27 bits per heavy atom. The quantitative estimate of drug-likeness (QED) is 0.619. The van der Waals surface area contributed by atoms with Gasteiger partial charge in [-0.2, -0.15) is 5.10 Å². The molecule has 0 atom stereocenters. The fraction of sp³-hybridized carbons (Fsp3) is 0.118. The highest BCUT2D eigenvalue weighted by atomic mass is 35.5. The van der Waals surface area contributed by atoms with Gasteiger partial charge in [-0.15, -0.1) is 0 Å². The van der Waals surface area contributed by atoms with Crippen LogP contribution < -0.4 is 5.14 Å². The van der Waals surface area contributed by atoms with Crippen molar-refractivity contribution in [2.24, 2.45) is 5.14 Å². The summed E-state index contributed by atoms with van der Waals surface area (Å²) in [6.45, 7) is 1.55. The molecule has 2 aromatic carbocycles. The highest BCUT2D eigenvalue weighted by molar-refractivity contribution is 7.89. The predicted octanol–water partition coefficient (Wildman–Crippen LogP) is 4.49. The van der Waals surface area contributed by atoms with Gasteiger partial charge in [0.15, 0.2) is 0 Å². The Kier molecular flexibility index (Phi) is 5.07. The number of nitrogens with two attached hydrogens (primary N) is 1. The Hall–Kier alpha value is -1.57. The Morgan fingerprint density at radius 2 is 1.77 bits per heavy atom. The van der Waals surface area contributed by atoms with E-state index in [4.69, 9.17) is 39.9 Å². The van der Waals surface area contributed by atoms with Gasteiger partial charge in [0, 0.05) is 23.0 Å². The molecule has 136 valence electrons. The molecule has 0 unspecified atom stereocenters. The standard InChI is InChI=1S/C17H14Cl3N3O2S/c1-17(19,20)14-9-12(11-3-5-13(18)6-4-11)10-15(26(21,24)25)16(14)23-8-2-7-22-23/h2-10H,1H3,(H2,21,24,25). The Morgan fingerprint density at radius 1 is 1.12 bits per heavy atom. The molecule has 0 bridgehead atoms. The van der Waals surface area contributed by atoms with Gasteiger partial charge in [0.25, 0.3) is 0 Å². The van der Waals surface area contributed by atoms with Gasteiger partial charge in [0.05, 0.1) is 5.69 Å². The van der Waals surface area contributed by atoms with Crippen molar-refractivity contribution in [3.63, 3.8) is 0 Å². The first-order chi connectivity index (χ1) is 12.1. The minimum atomic E-state index is -4.09. The lowest BCUT2D eigenvalue weighted by atomic mass is 10.00. The predicted molar refractivity (Wildman–Crippen MR) is 104 cm³/mol. The van der Waals surface area contributed by atoms with Gasteiger partial charge in [-0.25, -0.2) is 18.2 Å². The molecule has 3 aromatic rings. The molecule has 1 aromatic heterocycles. The highest BCUT2D eigenvalue weighted by Crippen LogP contribution is 2.41. The van der Waals surface area contributed by atoms with Crippen LogP contribution in [-0.2, 0) is 14.4 Å². The van der Waals surface area contributed by atoms with Gasteiger partial charge >= 0.3 is 0 Å². The van der Waals surface area contributed by atoms with Gasteiger partial charge in [0.2, 0.25) is 10.0 Å². The van der Waals surface area contributed by atoms with E-state index in [1.54, 1.807) is 49.5 Å². The molecule has 1 heterocycles. The fourth-order valence-corrected chi connectivity index (χ4v) is 3.78. The third kappa shape index (κ3) is 3.89. The summed E-state index contributed by atoms with van der Waals surface area (Å²) in [5.41, 5.74) is 1.90. The molecule has 0 aliphatic heterocycles.